The lowest BCUT2D eigenvalue weighted by molar-refractivity contribution is -0.139. The van der Waals surface area contributed by atoms with E-state index in [4.69, 9.17) is 18.0 Å². The van der Waals surface area contributed by atoms with Crippen LogP contribution in [0.2, 0.25) is 6.04 Å². The third kappa shape index (κ3) is 7.79. The van der Waals surface area contributed by atoms with E-state index in [0.717, 1.165) is 6.42 Å². The summed E-state index contributed by atoms with van der Waals surface area (Å²) >= 11 is 0. The van der Waals surface area contributed by atoms with E-state index >= 15 is 0 Å². The third-order valence-electron chi connectivity index (χ3n) is 2.46. The minimum Gasteiger partial charge on any atom is -0.462 e. The van der Waals surface area contributed by atoms with Crippen LogP contribution in [-0.2, 0) is 22.8 Å². The molecule has 0 fully saturated rings. The molecule has 118 valence electrons. The van der Waals surface area contributed by atoms with Crippen LogP contribution in [0.25, 0.3) is 0 Å². The lowest BCUT2D eigenvalue weighted by Crippen LogP contribution is -2.46. The van der Waals surface area contributed by atoms with Crippen molar-refractivity contribution < 1.29 is 22.8 Å². The van der Waals surface area contributed by atoms with E-state index in [1.165, 1.54) is 0 Å². The first kappa shape index (κ1) is 19.3. The van der Waals surface area contributed by atoms with Gasteiger partial charge < -0.3 is 18.0 Å². The van der Waals surface area contributed by atoms with Crippen LogP contribution in [0.4, 0.5) is 0 Å². The van der Waals surface area contributed by atoms with Gasteiger partial charge in [0.15, 0.2) is 0 Å². The highest BCUT2D eigenvalue weighted by atomic mass is 28.4. The van der Waals surface area contributed by atoms with E-state index in [2.05, 4.69) is 6.58 Å². The van der Waals surface area contributed by atoms with Crippen molar-refractivity contribution in [2.24, 2.45) is 0 Å². The second-order valence-corrected chi connectivity index (χ2v) is 7.15. The van der Waals surface area contributed by atoms with Gasteiger partial charge in [-0.3, -0.25) is 0 Å². The van der Waals surface area contributed by atoms with E-state index in [9.17, 15) is 4.79 Å². The molecule has 0 unspecified atom stereocenters. The zero-order valence-corrected chi connectivity index (χ0v) is 14.2. The normalized spacial score (nSPS) is 11.4. The van der Waals surface area contributed by atoms with Crippen LogP contribution in [0.15, 0.2) is 12.2 Å². The molecule has 0 aromatic heterocycles. The van der Waals surface area contributed by atoms with Crippen LogP contribution in [0, 0.1) is 0 Å². The van der Waals surface area contributed by atoms with Crippen LogP contribution in [0.1, 0.15) is 40.5 Å². The Hall–Kier alpha value is -0.693. The molecule has 0 aliphatic carbocycles. The number of carbonyl (C=O) groups is 1. The minimum absolute atomic E-state index is 0.329. The van der Waals surface area contributed by atoms with Gasteiger partial charge in [0.05, 0.1) is 6.61 Å². The van der Waals surface area contributed by atoms with Gasteiger partial charge in [-0.25, -0.2) is 4.79 Å². The third-order valence-corrected chi connectivity index (χ3v) is 5.53. The van der Waals surface area contributed by atoms with Crippen LogP contribution < -0.4 is 0 Å². The highest BCUT2D eigenvalue weighted by Crippen LogP contribution is 2.18. The zero-order valence-electron chi connectivity index (χ0n) is 13.2. The molecule has 0 heterocycles. The summed E-state index contributed by atoms with van der Waals surface area (Å²) in [5.74, 6) is -0.362. The van der Waals surface area contributed by atoms with E-state index in [0.29, 0.717) is 44.5 Å². The molecule has 0 amide bonds. The number of hydrogen-bond donors (Lipinski definition) is 0. The largest absolute Gasteiger partial charge is 0.501 e. The van der Waals surface area contributed by atoms with Gasteiger partial charge >= 0.3 is 14.8 Å². The first-order valence-electron chi connectivity index (χ1n) is 7.25. The molecule has 0 rings (SSSR count). The molecule has 0 bridgehead atoms. The van der Waals surface area contributed by atoms with Gasteiger partial charge in [0.1, 0.15) is 0 Å². The predicted octanol–water partition coefficient (Wildman–Crippen LogP) is 2.93. The molecular formula is C14H28O5Si. The van der Waals surface area contributed by atoms with Crippen LogP contribution >= 0.6 is 0 Å². The van der Waals surface area contributed by atoms with Crippen molar-refractivity contribution in [3.8, 4) is 0 Å². The number of hydrogen-bond acceptors (Lipinski definition) is 5. The fourth-order valence-electron chi connectivity index (χ4n) is 1.62. The van der Waals surface area contributed by atoms with Crippen LogP contribution in [0.5, 0.6) is 0 Å². The van der Waals surface area contributed by atoms with E-state index in [1.807, 2.05) is 20.8 Å². The summed E-state index contributed by atoms with van der Waals surface area (Å²) < 4.78 is 22.5. The summed E-state index contributed by atoms with van der Waals surface area (Å²) in [5.41, 5.74) is 0.408. The summed E-state index contributed by atoms with van der Waals surface area (Å²) in [6.07, 6.45) is 1.58. The Bertz CT molecular complexity index is 287. The Morgan fingerprint density at radius 3 is 2.10 bits per heavy atom. The first-order chi connectivity index (χ1) is 9.51. The summed E-state index contributed by atoms with van der Waals surface area (Å²) in [6, 6.07) is 0.651. The van der Waals surface area contributed by atoms with Gasteiger partial charge in [0.2, 0.25) is 0 Å². The van der Waals surface area contributed by atoms with E-state index in [-0.39, 0.29) is 5.97 Å². The molecule has 6 heteroatoms. The average Bonchev–Trinajstić information content (AvgIpc) is 2.41. The van der Waals surface area contributed by atoms with Gasteiger partial charge in [-0.15, -0.1) is 0 Å². The molecule has 0 aromatic rings. The second-order valence-electron chi connectivity index (χ2n) is 4.42. The minimum atomic E-state index is -2.63. The maximum atomic E-state index is 11.3. The smallest absolute Gasteiger partial charge is 0.462 e. The summed E-state index contributed by atoms with van der Waals surface area (Å²) in [7, 11) is -2.63. The van der Waals surface area contributed by atoms with Crippen LogP contribution in [-0.4, -0.2) is 41.2 Å². The van der Waals surface area contributed by atoms with Crippen LogP contribution in [0.3, 0.4) is 0 Å². The van der Waals surface area contributed by atoms with Gasteiger partial charge in [-0.2, -0.15) is 0 Å². The van der Waals surface area contributed by atoms with Gasteiger partial charge in [0.25, 0.3) is 0 Å². The summed E-state index contributed by atoms with van der Waals surface area (Å²) in [6.45, 7) is 13.1. The molecule has 0 atom stereocenters. The molecular weight excluding hydrogens is 276 g/mol. The van der Waals surface area contributed by atoms with E-state index in [1.54, 1.807) is 6.92 Å². The quantitative estimate of drug-likeness (QED) is 0.240. The number of ether oxygens (including phenoxy) is 1. The zero-order chi connectivity index (χ0) is 15.4. The second kappa shape index (κ2) is 11.0. The molecule has 0 aromatic carbocycles. The topological polar surface area (TPSA) is 54.0 Å². The Labute approximate surface area is 123 Å². The standard InChI is InChI=1S/C14H28O5Si/c1-6-10-19-20(17-7-2,18-8-3)12-9-11-16-14(15)13(4)5/h4,6-12H2,1-3,5H3. The van der Waals surface area contributed by atoms with Crippen molar-refractivity contribution in [2.75, 3.05) is 26.4 Å². The molecule has 5 nitrogen and oxygen atoms in total. The van der Waals surface area contributed by atoms with Gasteiger partial charge in [-0.05, 0) is 33.6 Å². The summed E-state index contributed by atoms with van der Waals surface area (Å²) in [4.78, 5) is 11.3. The molecule has 0 saturated carbocycles. The fourth-order valence-corrected chi connectivity index (χ4v) is 4.27. The molecule has 0 aliphatic rings. The lowest BCUT2D eigenvalue weighted by atomic mass is 10.4. The van der Waals surface area contributed by atoms with Gasteiger partial charge in [-0.1, -0.05) is 13.5 Å². The number of rotatable bonds is 12. The maximum absolute atomic E-state index is 11.3. The lowest BCUT2D eigenvalue weighted by Gasteiger charge is -2.28. The SMILES string of the molecule is C=C(C)C(=O)OCCC[Si](OCC)(OCC)OCCC. The monoisotopic (exact) mass is 304 g/mol. The molecule has 0 radical (unpaired) electrons. The highest BCUT2D eigenvalue weighted by molar-refractivity contribution is 6.60. The number of esters is 1. The molecule has 0 N–H and O–H groups in total. The van der Waals surface area contributed by atoms with Crippen molar-refractivity contribution in [3.05, 3.63) is 12.2 Å². The predicted molar refractivity (Wildman–Crippen MR) is 80.4 cm³/mol. The first-order valence-corrected chi connectivity index (χ1v) is 9.19. The Morgan fingerprint density at radius 1 is 1.05 bits per heavy atom. The summed E-state index contributed by atoms with van der Waals surface area (Å²) in [5, 5.41) is 0. The van der Waals surface area contributed by atoms with Crippen molar-refractivity contribution in [3.63, 3.8) is 0 Å². The Kier molecular flexibility index (Phi) is 10.6. The van der Waals surface area contributed by atoms with E-state index < -0.39 is 8.80 Å². The van der Waals surface area contributed by atoms with Crippen molar-refractivity contribution >= 4 is 14.8 Å². The number of carbonyl (C=O) groups excluding carboxylic acids is 1. The van der Waals surface area contributed by atoms with Crippen molar-refractivity contribution in [1.29, 1.82) is 0 Å². The van der Waals surface area contributed by atoms with Crippen molar-refractivity contribution in [1.82, 2.24) is 0 Å². The molecule has 0 aliphatic heterocycles. The highest BCUT2D eigenvalue weighted by Gasteiger charge is 2.39. The van der Waals surface area contributed by atoms with Crippen molar-refractivity contribution in [2.45, 2.75) is 46.6 Å². The Morgan fingerprint density at radius 2 is 1.65 bits per heavy atom. The molecule has 20 heavy (non-hydrogen) atoms. The molecule has 0 spiro atoms. The average molecular weight is 304 g/mol. The van der Waals surface area contributed by atoms with Gasteiger partial charge in [0, 0.05) is 31.4 Å². The maximum Gasteiger partial charge on any atom is 0.501 e. The molecule has 0 saturated heterocycles. The fraction of sp³-hybridized carbons (Fsp3) is 0.786. The Balaban J connectivity index is 4.32.